The number of piperidine rings is 1. The van der Waals surface area contributed by atoms with E-state index in [4.69, 9.17) is 4.74 Å². The number of nitrogens with one attached hydrogen (secondary N) is 1. The van der Waals surface area contributed by atoms with Gasteiger partial charge >= 0.3 is 0 Å². The summed E-state index contributed by atoms with van der Waals surface area (Å²) >= 11 is 0. The predicted octanol–water partition coefficient (Wildman–Crippen LogP) is 3.33. The Kier molecular flexibility index (Phi) is 6.29. The average Bonchev–Trinajstić information content (AvgIpc) is 2.68. The molecule has 4 heteroatoms. The standard InChI is InChI=1S/C22H28N2O2/c1-17-6-3-4-8-19(17)16-26-21-9-5-7-18(14-21)15-22(25)24(2)20-10-12-23-13-11-20/h3-9,14,20,23H,10-13,15-16H2,1-2H3. The van der Waals surface area contributed by atoms with E-state index in [0.29, 0.717) is 19.1 Å². The Labute approximate surface area is 156 Å². The Morgan fingerprint density at radius 1 is 1.15 bits per heavy atom. The Hall–Kier alpha value is -2.33. The molecule has 0 radical (unpaired) electrons. The lowest BCUT2D eigenvalue weighted by Gasteiger charge is -2.31. The number of amides is 1. The normalized spacial score (nSPS) is 14.8. The van der Waals surface area contributed by atoms with Crippen LogP contribution in [-0.2, 0) is 17.8 Å². The molecule has 1 heterocycles. The van der Waals surface area contributed by atoms with Crippen molar-refractivity contribution >= 4 is 5.91 Å². The van der Waals surface area contributed by atoms with E-state index in [-0.39, 0.29) is 5.91 Å². The molecule has 2 aromatic carbocycles. The number of carbonyl (C=O) groups excluding carboxylic acids is 1. The van der Waals surface area contributed by atoms with Crippen LogP contribution in [0.4, 0.5) is 0 Å². The van der Waals surface area contributed by atoms with Gasteiger partial charge < -0.3 is 15.0 Å². The van der Waals surface area contributed by atoms with Crippen LogP contribution >= 0.6 is 0 Å². The van der Waals surface area contributed by atoms with Crippen molar-refractivity contribution < 1.29 is 9.53 Å². The van der Waals surface area contributed by atoms with Gasteiger partial charge in [0.1, 0.15) is 12.4 Å². The van der Waals surface area contributed by atoms with Gasteiger partial charge in [0.15, 0.2) is 0 Å². The lowest BCUT2D eigenvalue weighted by Crippen LogP contribution is -2.44. The molecule has 0 spiro atoms. The Balaban J connectivity index is 1.58. The lowest BCUT2D eigenvalue weighted by molar-refractivity contribution is -0.131. The highest BCUT2D eigenvalue weighted by Gasteiger charge is 2.21. The van der Waals surface area contributed by atoms with Gasteiger partial charge in [0.05, 0.1) is 6.42 Å². The van der Waals surface area contributed by atoms with Crippen molar-refractivity contribution in [2.75, 3.05) is 20.1 Å². The number of carbonyl (C=O) groups is 1. The van der Waals surface area contributed by atoms with Crippen molar-refractivity contribution in [3.8, 4) is 5.75 Å². The third-order valence-electron chi connectivity index (χ3n) is 5.16. The summed E-state index contributed by atoms with van der Waals surface area (Å²) < 4.78 is 5.94. The van der Waals surface area contributed by atoms with Gasteiger partial charge in [-0.25, -0.2) is 0 Å². The first-order valence-electron chi connectivity index (χ1n) is 9.36. The fourth-order valence-electron chi connectivity index (χ4n) is 3.38. The van der Waals surface area contributed by atoms with Crippen LogP contribution in [0.5, 0.6) is 5.75 Å². The van der Waals surface area contributed by atoms with Crippen LogP contribution in [0, 0.1) is 6.92 Å². The quantitative estimate of drug-likeness (QED) is 0.867. The van der Waals surface area contributed by atoms with E-state index in [9.17, 15) is 4.79 Å². The number of hydrogen-bond donors (Lipinski definition) is 1. The topological polar surface area (TPSA) is 41.6 Å². The first kappa shape index (κ1) is 18.5. The monoisotopic (exact) mass is 352 g/mol. The molecule has 1 N–H and O–H groups in total. The summed E-state index contributed by atoms with van der Waals surface area (Å²) in [7, 11) is 1.93. The maximum Gasteiger partial charge on any atom is 0.226 e. The maximum absolute atomic E-state index is 12.6. The van der Waals surface area contributed by atoms with Crippen LogP contribution in [0.3, 0.4) is 0 Å². The summed E-state index contributed by atoms with van der Waals surface area (Å²) in [4.78, 5) is 14.5. The predicted molar refractivity (Wildman–Crippen MR) is 104 cm³/mol. The van der Waals surface area contributed by atoms with Crippen LogP contribution in [0.25, 0.3) is 0 Å². The summed E-state index contributed by atoms with van der Waals surface area (Å²) in [6.07, 6.45) is 2.48. The molecule has 1 aliphatic heterocycles. The fourth-order valence-corrected chi connectivity index (χ4v) is 3.38. The Morgan fingerprint density at radius 2 is 1.92 bits per heavy atom. The molecule has 1 amide bonds. The van der Waals surface area contributed by atoms with E-state index in [0.717, 1.165) is 37.2 Å². The molecule has 1 fully saturated rings. The number of rotatable bonds is 6. The second-order valence-corrected chi connectivity index (χ2v) is 7.03. The van der Waals surface area contributed by atoms with Crippen molar-refractivity contribution in [1.29, 1.82) is 0 Å². The van der Waals surface area contributed by atoms with Crippen molar-refractivity contribution in [1.82, 2.24) is 10.2 Å². The minimum Gasteiger partial charge on any atom is -0.489 e. The third kappa shape index (κ3) is 4.85. The highest BCUT2D eigenvalue weighted by molar-refractivity contribution is 5.79. The SMILES string of the molecule is Cc1ccccc1COc1cccc(CC(=O)N(C)C2CCNCC2)c1. The van der Waals surface area contributed by atoms with Crippen LogP contribution in [-0.4, -0.2) is 37.0 Å². The van der Waals surface area contributed by atoms with Crippen molar-refractivity contribution in [2.45, 2.75) is 38.8 Å². The molecular weight excluding hydrogens is 324 g/mol. The van der Waals surface area contributed by atoms with Gasteiger partial charge in [-0.3, -0.25) is 4.79 Å². The minimum atomic E-state index is 0.174. The van der Waals surface area contributed by atoms with Crippen molar-refractivity contribution in [2.24, 2.45) is 0 Å². The van der Waals surface area contributed by atoms with E-state index in [1.54, 1.807) is 0 Å². The number of aryl methyl sites for hydroxylation is 1. The summed E-state index contributed by atoms with van der Waals surface area (Å²) in [5.74, 6) is 0.982. The molecule has 26 heavy (non-hydrogen) atoms. The molecule has 0 aliphatic carbocycles. The first-order valence-corrected chi connectivity index (χ1v) is 9.36. The van der Waals surface area contributed by atoms with E-state index in [2.05, 4.69) is 24.4 Å². The molecular formula is C22H28N2O2. The van der Waals surface area contributed by atoms with Crippen molar-refractivity contribution in [3.05, 3.63) is 65.2 Å². The minimum absolute atomic E-state index is 0.174. The summed E-state index contributed by atoms with van der Waals surface area (Å²) in [5, 5.41) is 3.34. The average molecular weight is 352 g/mol. The molecule has 4 nitrogen and oxygen atoms in total. The Bertz CT molecular complexity index is 738. The van der Waals surface area contributed by atoms with E-state index >= 15 is 0 Å². The highest BCUT2D eigenvalue weighted by atomic mass is 16.5. The smallest absolute Gasteiger partial charge is 0.226 e. The van der Waals surface area contributed by atoms with Gasteiger partial charge in [-0.15, -0.1) is 0 Å². The molecule has 3 rings (SSSR count). The van der Waals surface area contributed by atoms with Crippen LogP contribution < -0.4 is 10.1 Å². The zero-order valence-corrected chi connectivity index (χ0v) is 15.7. The number of hydrogen-bond acceptors (Lipinski definition) is 3. The largest absolute Gasteiger partial charge is 0.489 e. The van der Waals surface area contributed by atoms with Crippen LogP contribution in [0.1, 0.15) is 29.5 Å². The van der Waals surface area contributed by atoms with Crippen LogP contribution in [0.2, 0.25) is 0 Å². The Morgan fingerprint density at radius 3 is 2.69 bits per heavy atom. The van der Waals surface area contributed by atoms with E-state index in [1.807, 2.05) is 48.3 Å². The number of likely N-dealkylation sites (N-methyl/N-ethyl adjacent to an activating group) is 1. The summed E-state index contributed by atoms with van der Waals surface area (Å²) in [6, 6.07) is 16.5. The van der Waals surface area contributed by atoms with Gasteiger partial charge in [-0.05, 0) is 61.7 Å². The van der Waals surface area contributed by atoms with Gasteiger partial charge in [0, 0.05) is 13.1 Å². The third-order valence-corrected chi connectivity index (χ3v) is 5.16. The van der Waals surface area contributed by atoms with E-state index in [1.165, 1.54) is 11.1 Å². The van der Waals surface area contributed by atoms with Gasteiger partial charge in [-0.1, -0.05) is 36.4 Å². The van der Waals surface area contributed by atoms with Crippen molar-refractivity contribution in [3.63, 3.8) is 0 Å². The van der Waals surface area contributed by atoms with Gasteiger partial charge in [-0.2, -0.15) is 0 Å². The van der Waals surface area contributed by atoms with Crippen LogP contribution in [0.15, 0.2) is 48.5 Å². The summed E-state index contributed by atoms with van der Waals surface area (Å²) in [6.45, 7) is 4.61. The number of benzene rings is 2. The summed E-state index contributed by atoms with van der Waals surface area (Å²) in [5.41, 5.74) is 3.40. The number of nitrogens with zero attached hydrogens (tertiary/aromatic N) is 1. The molecule has 1 saturated heterocycles. The molecule has 0 atom stereocenters. The van der Waals surface area contributed by atoms with E-state index < -0.39 is 0 Å². The molecule has 0 unspecified atom stereocenters. The first-order chi connectivity index (χ1) is 12.6. The highest BCUT2D eigenvalue weighted by Crippen LogP contribution is 2.18. The molecule has 138 valence electrons. The fraction of sp³-hybridized carbons (Fsp3) is 0.409. The molecule has 0 bridgehead atoms. The zero-order valence-electron chi connectivity index (χ0n) is 15.7. The molecule has 0 saturated carbocycles. The second-order valence-electron chi connectivity index (χ2n) is 7.03. The van der Waals surface area contributed by atoms with Gasteiger partial charge in [0.25, 0.3) is 0 Å². The second kappa shape index (κ2) is 8.86. The molecule has 1 aliphatic rings. The molecule has 2 aromatic rings. The zero-order chi connectivity index (χ0) is 18.4. The van der Waals surface area contributed by atoms with Gasteiger partial charge in [0.2, 0.25) is 5.91 Å². The maximum atomic E-state index is 12.6. The molecule has 0 aromatic heterocycles. The number of ether oxygens (including phenoxy) is 1. The lowest BCUT2D eigenvalue weighted by atomic mass is 10.0.